The number of sulfone groups is 1. The van der Waals surface area contributed by atoms with E-state index < -0.39 is 9.84 Å². The predicted octanol–water partition coefficient (Wildman–Crippen LogP) is 3.28. The summed E-state index contributed by atoms with van der Waals surface area (Å²) in [5.74, 6) is 1.37. The van der Waals surface area contributed by atoms with Gasteiger partial charge in [0.25, 0.3) is 0 Å². The summed E-state index contributed by atoms with van der Waals surface area (Å²) in [7, 11) is -3.30. The quantitative estimate of drug-likeness (QED) is 0.701. The van der Waals surface area contributed by atoms with Crippen molar-refractivity contribution in [2.45, 2.75) is 25.7 Å². The fourth-order valence-electron chi connectivity index (χ4n) is 2.30. The molecule has 0 radical (unpaired) electrons. The largest absolute Gasteiger partial charge is 0.338 e. The van der Waals surface area contributed by atoms with Gasteiger partial charge in [0.15, 0.2) is 9.84 Å². The maximum absolute atomic E-state index is 11.8. The number of anilines is 4. The van der Waals surface area contributed by atoms with Crippen molar-refractivity contribution in [3.05, 3.63) is 47.3 Å². The summed E-state index contributed by atoms with van der Waals surface area (Å²) < 4.78 is 28.8. The Morgan fingerprint density at radius 1 is 1.08 bits per heavy atom. The standard InChI is InChI=1S/C17H19N5O3S/c1-10-7-13(9-14(8-10)26(4,23)24)19-17-18-6-5-15(21-17)20-16-11(2)12(3)22-25-16/h5-9H,1-4H3,(H2,18,19,20,21). The minimum atomic E-state index is -3.30. The second-order valence-corrected chi connectivity index (χ2v) is 8.06. The molecule has 0 fully saturated rings. The lowest BCUT2D eigenvalue weighted by Gasteiger charge is -2.09. The normalized spacial score (nSPS) is 11.4. The zero-order chi connectivity index (χ0) is 18.9. The van der Waals surface area contributed by atoms with Crippen molar-refractivity contribution >= 4 is 33.2 Å². The average molecular weight is 373 g/mol. The Hall–Kier alpha value is -2.94. The van der Waals surface area contributed by atoms with Crippen LogP contribution in [0.5, 0.6) is 0 Å². The molecule has 0 spiro atoms. The van der Waals surface area contributed by atoms with Gasteiger partial charge in [0.05, 0.1) is 10.6 Å². The zero-order valence-electron chi connectivity index (χ0n) is 14.9. The Labute approximate surface area is 151 Å². The van der Waals surface area contributed by atoms with E-state index in [1.807, 2.05) is 26.8 Å². The first-order valence-electron chi connectivity index (χ1n) is 7.84. The summed E-state index contributed by atoms with van der Waals surface area (Å²) in [6.45, 7) is 5.58. The summed E-state index contributed by atoms with van der Waals surface area (Å²) in [6.07, 6.45) is 2.76. The highest BCUT2D eigenvalue weighted by molar-refractivity contribution is 7.90. The molecule has 0 saturated carbocycles. The Morgan fingerprint density at radius 2 is 1.85 bits per heavy atom. The first-order chi connectivity index (χ1) is 12.2. The summed E-state index contributed by atoms with van der Waals surface area (Å²) >= 11 is 0. The van der Waals surface area contributed by atoms with E-state index in [2.05, 4.69) is 25.8 Å². The van der Waals surface area contributed by atoms with Crippen LogP contribution >= 0.6 is 0 Å². The van der Waals surface area contributed by atoms with Crippen molar-refractivity contribution in [1.29, 1.82) is 0 Å². The maximum Gasteiger partial charge on any atom is 0.233 e. The highest BCUT2D eigenvalue weighted by atomic mass is 32.2. The van der Waals surface area contributed by atoms with Crippen LogP contribution in [0.3, 0.4) is 0 Å². The van der Waals surface area contributed by atoms with Crippen LogP contribution < -0.4 is 10.6 Å². The minimum absolute atomic E-state index is 0.238. The van der Waals surface area contributed by atoms with E-state index in [4.69, 9.17) is 4.52 Å². The number of hydrogen-bond donors (Lipinski definition) is 2. The fraction of sp³-hybridized carbons (Fsp3) is 0.235. The first kappa shape index (κ1) is 17.9. The number of nitrogens with zero attached hydrogens (tertiary/aromatic N) is 3. The molecular formula is C17H19N5O3S. The highest BCUT2D eigenvalue weighted by Gasteiger charge is 2.11. The van der Waals surface area contributed by atoms with Gasteiger partial charge in [-0.3, -0.25) is 0 Å². The van der Waals surface area contributed by atoms with Gasteiger partial charge in [0, 0.05) is 23.7 Å². The van der Waals surface area contributed by atoms with Gasteiger partial charge >= 0.3 is 0 Å². The molecule has 0 unspecified atom stereocenters. The maximum atomic E-state index is 11.8. The summed E-state index contributed by atoms with van der Waals surface area (Å²) in [5.41, 5.74) is 3.11. The molecule has 0 atom stereocenters. The van der Waals surface area contributed by atoms with Crippen molar-refractivity contribution in [3.8, 4) is 0 Å². The van der Waals surface area contributed by atoms with E-state index >= 15 is 0 Å². The molecule has 0 aliphatic heterocycles. The molecule has 26 heavy (non-hydrogen) atoms. The summed E-state index contributed by atoms with van der Waals surface area (Å²) in [4.78, 5) is 8.77. The smallest absolute Gasteiger partial charge is 0.233 e. The number of rotatable bonds is 5. The van der Waals surface area contributed by atoms with E-state index in [9.17, 15) is 8.42 Å². The lowest BCUT2D eigenvalue weighted by Crippen LogP contribution is -2.03. The number of hydrogen-bond acceptors (Lipinski definition) is 8. The average Bonchev–Trinajstić information content (AvgIpc) is 2.86. The van der Waals surface area contributed by atoms with Gasteiger partial charge in [0.1, 0.15) is 5.82 Å². The van der Waals surface area contributed by atoms with Crippen LogP contribution in [0.4, 0.5) is 23.3 Å². The van der Waals surface area contributed by atoms with Crippen LogP contribution in [0.1, 0.15) is 16.8 Å². The van der Waals surface area contributed by atoms with Gasteiger partial charge in [0.2, 0.25) is 11.8 Å². The number of nitrogens with one attached hydrogen (secondary N) is 2. The molecule has 0 aliphatic carbocycles. The molecule has 8 nitrogen and oxygen atoms in total. The molecule has 9 heteroatoms. The Morgan fingerprint density at radius 3 is 2.50 bits per heavy atom. The Balaban J connectivity index is 1.85. The van der Waals surface area contributed by atoms with Gasteiger partial charge in [-0.2, -0.15) is 4.98 Å². The van der Waals surface area contributed by atoms with E-state index in [1.54, 1.807) is 24.4 Å². The topological polar surface area (TPSA) is 110 Å². The molecule has 2 aromatic heterocycles. The van der Waals surface area contributed by atoms with Crippen molar-refractivity contribution in [3.63, 3.8) is 0 Å². The van der Waals surface area contributed by atoms with Crippen LogP contribution in [0.15, 0.2) is 39.9 Å². The SMILES string of the molecule is Cc1cc(Nc2nccc(Nc3onc(C)c3C)n2)cc(S(C)(=O)=O)c1. The summed E-state index contributed by atoms with van der Waals surface area (Å²) in [5, 5.41) is 9.97. The van der Waals surface area contributed by atoms with Crippen LogP contribution in [-0.4, -0.2) is 29.8 Å². The van der Waals surface area contributed by atoms with Gasteiger partial charge in [-0.1, -0.05) is 5.16 Å². The van der Waals surface area contributed by atoms with E-state index in [0.29, 0.717) is 23.3 Å². The number of benzene rings is 1. The Kier molecular flexibility index (Phi) is 4.64. The summed E-state index contributed by atoms with van der Waals surface area (Å²) in [6, 6.07) is 6.69. The van der Waals surface area contributed by atoms with Crippen molar-refractivity contribution in [1.82, 2.24) is 15.1 Å². The molecule has 2 N–H and O–H groups in total. The molecule has 3 rings (SSSR count). The third kappa shape index (κ3) is 3.99. The molecule has 0 saturated heterocycles. The third-order valence-corrected chi connectivity index (χ3v) is 4.88. The van der Waals surface area contributed by atoms with Crippen LogP contribution in [0, 0.1) is 20.8 Å². The van der Waals surface area contributed by atoms with Crippen molar-refractivity contribution in [2.24, 2.45) is 0 Å². The minimum Gasteiger partial charge on any atom is -0.338 e. The van der Waals surface area contributed by atoms with Gasteiger partial charge in [-0.05, 0) is 50.6 Å². The van der Waals surface area contributed by atoms with Crippen LogP contribution in [0.25, 0.3) is 0 Å². The molecule has 3 aromatic rings. The zero-order valence-corrected chi connectivity index (χ0v) is 15.7. The number of aromatic nitrogens is 3. The molecule has 1 aromatic carbocycles. The van der Waals surface area contributed by atoms with Crippen molar-refractivity contribution in [2.75, 3.05) is 16.9 Å². The van der Waals surface area contributed by atoms with Crippen LogP contribution in [0.2, 0.25) is 0 Å². The van der Waals surface area contributed by atoms with Crippen LogP contribution in [-0.2, 0) is 9.84 Å². The predicted molar refractivity (Wildman–Crippen MR) is 98.9 cm³/mol. The second-order valence-electron chi connectivity index (χ2n) is 6.04. The highest BCUT2D eigenvalue weighted by Crippen LogP contribution is 2.24. The van der Waals surface area contributed by atoms with Gasteiger partial charge < -0.3 is 15.2 Å². The van der Waals surface area contributed by atoms with E-state index in [0.717, 1.165) is 16.8 Å². The number of aryl methyl sites for hydroxylation is 2. The Bertz CT molecular complexity index is 1060. The molecule has 0 amide bonds. The first-order valence-corrected chi connectivity index (χ1v) is 9.73. The molecule has 136 valence electrons. The molecule has 2 heterocycles. The van der Waals surface area contributed by atoms with E-state index in [-0.39, 0.29) is 4.90 Å². The third-order valence-electron chi connectivity index (χ3n) is 3.79. The van der Waals surface area contributed by atoms with Gasteiger partial charge in [-0.15, -0.1) is 0 Å². The van der Waals surface area contributed by atoms with E-state index in [1.165, 1.54) is 6.26 Å². The van der Waals surface area contributed by atoms with Gasteiger partial charge in [-0.25, -0.2) is 13.4 Å². The fourth-order valence-corrected chi connectivity index (χ4v) is 3.04. The lowest BCUT2D eigenvalue weighted by atomic mass is 10.2. The lowest BCUT2D eigenvalue weighted by molar-refractivity contribution is 0.429. The second kappa shape index (κ2) is 6.75. The molecular weight excluding hydrogens is 354 g/mol. The molecule has 0 bridgehead atoms. The molecule has 0 aliphatic rings. The monoisotopic (exact) mass is 373 g/mol. The van der Waals surface area contributed by atoms with Crippen molar-refractivity contribution < 1.29 is 12.9 Å².